The lowest BCUT2D eigenvalue weighted by Gasteiger charge is -2.23. The zero-order chi connectivity index (χ0) is 22.5. The van der Waals surface area contributed by atoms with Crippen LogP contribution in [0.3, 0.4) is 0 Å². The number of ether oxygens (including phenoxy) is 1. The van der Waals surface area contributed by atoms with Crippen LogP contribution in [0, 0.1) is 0 Å². The van der Waals surface area contributed by atoms with E-state index in [1.807, 2.05) is 30.3 Å². The van der Waals surface area contributed by atoms with Crippen molar-refractivity contribution in [3.05, 3.63) is 72.6 Å². The van der Waals surface area contributed by atoms with E-state index in [4.69, 9.17) is 4.74 Å². The van der Waals surface area contributed by atoms with Gasteiger partial charge in [-0.2, -0.15) is 0 Å². The quantitative estimate of drug-likeness (QED) is 0.530. The Morgan fingerprint density at radius 3 is 2.52 bits per heavy atom. The maximum absolute atomic E-state index is 13.1. The number of hydrogen-bond acceptors (Lipinski definition) is 5. The minimum atomic E-state index is -3.82. The highest BCUT2D eigenvalue weighted by Gasteiger charge is 2.25. The number of fused-ring (bicyclic) bond motifs is 1. The van der Waals surface area contributed by atoms with Crippen LogP contribution < -0.4 is 4.72 Å². The molecule has 0 radical (unpaired) electrons. The number of aromatic nitrogens is 1. The molecule has 0 saturated heterocycles. The van der Waals surface area contributed by atoms with Crippen molar-refractivity contribution >= 4 is 26.8 Å². The van der Waals surface area contributed by atoms with Crippen LogP contribution in [0.5, 0.6) is 0 Å². The standard InChI is InChI=1S/C24H28N2O4S/c1-24(2,3)30-23(27)16-21(11-9-18-7-5-4-6-8-18)26-31(28,29)22-12-10-20-17-25-14-13-19(20)15-22/h4-8,10,12-15,17,21,26H,9,11,16H2,1-3H3/t21-/m1/s1. The summed E-state index contributed by atoms with van der Waals surface area (Å²) in [5.41, 5.74) is 0.445. The molecular formula is C24H28N2O4S. The minimum Gasteiger partial charge on any atom is -0.460 e. The zero-order valence-corrected chi connectivity index (χ0v) is 18.9. The summed E-state index contributed by atoms with van der Waals surface area (Å²) in [6.07, 6.45) is 4.38. The summed E-state index contributed by atoms with van der Waals surface area (Å²) < 4.78 is 34.3. The first-order valence-electron chi connectivity index (χ1n) is 10.2. The van der Waals surface area contributed by atoms with Gasteiger partial charge in [0.25, 0.3) is 0 Å². The van der Waals surface area contributed by atoms with Crippen molar-refractivity contribution in [3.63, 3.8) is 0 Å². The van der Waals surface area contributed by atoms with E-state index in [0.29, 0.717) is 12.8 Å². The van der Waals surface area contributed by atoms with E-state index >= 15 is 0 Å². The molecule has 3 aromatic rings. The summed E-state index contributed by atoms with van der Waals surface area (Å²) in [5.74, 6) is -0.433. The van der Waals surface area contributed by atoms with E-state index < -0.39 is 27.6 Å². The molecule has 1 heterocycles. The maximum atomic E-state index is 13.1. The van der Waals surface area contributed by atoms with Crippen molar-refractivity contribution in [1.29, 1.82) is 0 Å². The maximum Gasteiger partial charge on any atom is 0.307 e. The molecule has 0 spiro atoms. The largest absolute Gasteiger partial charge is 0.460 e. The number of pyridine rings is 1. The Labute approximate surface area is 183 Å². The summed E-state index contributed by atoms with van der Waals surface area (Å²) >= 11 is 0. The molecule has 0 fully saturated rings. The summed E-state index contributed by atoms with van der Waals surface area (Å²) in [7, 11) is -3.82. The predicted octanol–water partition coefficient (Wildman–Crippen LogP) is 4.25. The third-order valence-corrected chi connectivity index (χ3v) is 6.22. The second-order valence-corrected chi connectivity index (χ2v) is 10.2. The van der Waals surface area contributed by atoms with E-state index in [1.54, 1.807) is 57.4 Å². The third kappa shape index (κ3) is 6.87. The highest BCUT2D eigenvalue weighted by atomic mass is 32.2. The van der Waals surface area contributed by atoms with Crippen molar-refractivity contribution in [2.75, 3.05) is 0 Å². The number of nitrogens with zero attached hydrogens (tertiary/aromatic N) is 1. The molecule has 0 aliphatic rings. The van der Waals surface area contributed by atoms with Crippen molar-refractivity contribution in [3.8, 4) is 0 Å². The molecular weight excluding hydrogens is 412 g/mol. The number of nitrogens with one attached hydrogen (secondary N) is 1. The van der Waals surface area contributed by atoms with Gasteiger partial charge in [-0.05, 0) is 62.8 Å². The van der Waals surface area contributed by atoms with Crippen molar-refractivity contribution in [1.82, 2.24) is 9.71 Å². The molecule has 0 unspecified atom stereocenters. The highest BCUT2D eigenvalue weighted by molar-refractivity contribution is 7.89. The molecule has 0 aliphatic heterocycles. The highest BCUT2D eigenvalue weighted by Crippen LogP contribution is 2.20. The van der Waals surface area contributed by atoms with Crippen LogP contribution in [0.2, 0.25) is 0 Å². The molecule has 0 amide bonds. The van der Waals surface area contributed by atoms with Gasteiger partial charge in [0.1, 0.15) is 5.60 Å². The Balaban J connectivity index is 1.79. The predicted molar refractivity (Wildman–Crippen MR) is 121 cm³/mol. The first-order valence-corrected chi connectivity index (χ1v) is 11.7. The number of esters is 1. The molecule has 2 aromatic carbocycles. The molecule has 0 aliphatic carbocycles. The van der Waals surface area contributed by atoms with Gasteiger partial charge in [-0.1, -0.05) is 36.4 Å². The van der Waals surface area contributed by atoms with E-state index in [9.17, 15) is 13.2 Å². The smallest absolute Gasteiger partial charge is 0.307 e. The summed E-state index contributed by atoms with van der Waals surface area (Å²) in [6, 6.07) is 15.8. The number of hydrogen-bond donors (Lipinski definition) is 1. The van der Waals surface area contributed by atoms with Gasteiger partial charge in [0.2, 0.25) is 10.0 Å². The monoisotopic (exact) mass is 440 g/mol. The molecule has 0 bridgehead atoms. The van der Waals surface area contributed by atoms with Gasteiger partial charge in [0.15, 0.2) is 0 Å². The first-order chi connectivity index (χ1) is 14.6. The molecule has 1 atom stereocenters. The van der Waals surface area contributed by atoms with E-state index in [2.05, 4.69) is 9.71 Å². The van der Waals surface area contributed by atoms with Gasteiger partial charge < -0.3 is 4.74 Å². The van der Waals surface area contributed by atoms with Crippen molar-refractivity contribution in [2.45, 2.75) is 56.6 Å². The molecule has 7 heteroatoms. The summed E-state index contributed by atoms with van der Waals surface area (Å²) in [5, 5.41) is 1.64. The van der Waals surface area contributed by atoms with Gasteiger partial charge >= 0.3 is 5.97 Å². The Hall–Kier alpha value is -2.77. The number of benzene rings is 2. The Morgan fingerprint density at radius 1 is 1.06 bits per heavy atom. The van der Waals surface area contributed by atoms with Crippen molar-refractivity contribution in [2.24, 2.45) is 0 Å². The number of rotatable bonds is 8. The van der Waals surface area contributed by atoms with Gasteiger partial charge in [0.05, 0.1) is 11.3 Å². The Morgan fingerprint density at radius 2 is 1.81 bits per heavy atom. The third-order valence-electron chi connectivity index (χ3n) is 4.70. The average Bonchev–Trinajstić information content (AvgIpc) is 2.71. The van der Waals surface area contributed by atoms with Gasteiger partial charge in [0, 0.05) is 23.8 Å². The zero-order valence-electron chi connectivity index (χ0n) is 18.0. The number of carbonyl (C=O) groups excluding carboxylic acids is 1. The van der Waals surface area contributed by atoms with Crippen LogP contribution in [-0.4, -0.2) is 31.0 Å². The fraction of sp³-hybridized carbons (Fsp3) is 0.333. The van der Waals surface area contributed by atoms with Crippen LogP contribution in [0.4, 0.5) is 0 Å². The van der Waals surface area contributed by atoms with Crippen molar-refractivity contribution < 1.29 is 17.9 Å². The fourth-order valence-corrected chi connectivity index (χ4v) is 4.59. The molecule has 31 heavy (non-hydrogen) atoms. The first kappa shape index (κ1) is 22.9. The fourth-order valence-electron chi connectivity index (χ4n) is 3.29. The van der Waals surface area contributed by atoms with Crippen LogP contribution in [0.15, 0.2) is 71.9 Å². The molecule has 1 aromatic heterocycles. The lowest BCUT2D eigenvalue weighted by atomic mass is 10.0. The van der Waals surface area contributed by atoms with Gasteiger partial charge in [-0.25, -0.2) is 13.1 Å². The van der Waals surface area contributed by atoms with Gasteiger partial charge in [-0.15, -0.1) is 0 Å². The molecule has 3 rings (SSSR count). The number of carbonyl (C=O) groups is 1. The van der Waals surface area contributed by atoms with Crippen LogP contribution >= 0.6 is 0 Å². The Kier molecular flexibility index (Phi) is 7.08. The average molecular weight is 441 g/mol. The normalized spacial score (nSPS) is 13.1. The molecule has 1 N–H and O–H groups in total. The molecule has 6 nitrogen and oxygen atoms in total. The van der Waals surface area contributed by atoms with Gasteiger partial charge in [-0.3, -0.25) is 9.78 Å². The summed E-state index contributed by atoms with van der Waals surface area (Å²) in [6.45, 7) is 5.37. The lowest BCUT2D eigenvalue weighted by Crippen LogP contribution is -2.38. The minimum absolute atomic E-state index is 0.0408. The summed E-state index contributed by atoms with van der Waals surface area (Å²) in [4.78, 5) is 16.6. The number of sulfonamides is 1. The topological polar surface area (TPSA) is 85.4 Å². The second-order valence-electron chi connectivity index (χ2n) is 8.52. The Bertz CT molecular complexity index is 1140. The van der Waals surface area contributed by atoms with E-state index in [-0.39, 0.29) is 11.3 Å². The molecule has 164 valence electrons. The van der Waals surface area contributed by atoms with Crippen LogP contribution in [-0.2, 0) is 26.0 Å². The van der Waals surface area contributed by atoms with E-state index in [0.717, 1.165) is 16.3 Å². The van der Waals surface area contributed by atoms with E-state index in [1.165, 1.54) is 0 Å². The second kappa shape index (κ2) is 9.58. The molecule has 0 saturated carbocycles. The van der Waals surface area contributed by atoms with Crippen LogP contribution in [0.25, 0.3) is 10.8 Å². The lowest BCUT2D eigenvalue weighted by molar-refractivity contribution is -0.155. The van der Waals surface area contributed by atoms with Crippen LogP contribution in [0.1, 0.15) is 39.2 Å². The SMILES string of the molecule is CC(C)(C)OC(=O)C[C@@H](CCc1ccccc1)NS(=O)(=O)c1ccc2cnccc2c1. The number of aryl methyl sites for hydroxylation is 1.